The van der Waals surface area contributed by atoms with Gasteiger partial charge in [0.05, 0.1) is 29.8 Å². The first-order chi connectivity index (χ1) is 16.1. The summed E-state index contributed by atoms with van der Waals surface area (Å²) in [5.41, 5.74) is 2.94. The Bertz CT molecular complexity index is 1510. The van der Waals surface area contributed by atoms with Gasteiger partial charge in [0, 0.05) is 5.75 Å². The lowest BCUT2D eigenvalue weighted by Crippen LogP contribution is -2.22. The van der Waals surface area contributed by atoms with Crippen LogP contribution in [-0.4, -0.2) is 37.1 Å². The van der Waals surface area contributed by atoms with E-state index in [9.17, 15) is 9.90 Å². The fourth-order valence-electron chi connectivity index (χ4n) is 3.89. The van der Waals surface area contributed by atoms with E-state index < -0.39 is 6.10 Å². The van der Waals surface area contributed by atoms with Crippen molar-refractivity contribution in [2.45, 2.75) is 18.2 Å². The Labute approximate surface area is 194 Å². The molecule has 166 valence electrons. The predicted molar refractivity (Wildman–Crippen MR) is 130 cm³/mol. The number of rotatable bonds is 6. The second-order valence-electron chi connectivity index (χ2n) is 7.69. The van der Waals surface area contributed by atoms with Crippen LogP contribution in [0.15, 0.2) is 82.7 Å². The Hall–Kier alpha value is -3.62. The topological polar surface area (TPSA) is 81.7 Å². The number of nitrogens with zero attached hydrogens (tertiary/aromatic N) is 4. The van der Waals surface area contributed by atoms with Crippen LogP contribution in [0.3, 0.4) is 0 Å². The predicted octanol–water partition coefficient (Wildman–Crippen LogP) is 4.18. The standard InChI is InChI=1S/C25H22N4O3S/c1-16-12-13-22(32-2)20(14-16)28-23(31)18-10-6-7-11-19(18)29-24(28)26-27-25(29)33-15-21(30)17-8-4-3-5-9-17/h3-14,21,30H,15H2,1-2H3/t21-/m1/s1. The highest BCUT2D eigenvalue weighted by Crippen LogP contribution is 2.29. The van der Waals surface area contributed by atoms with Gasteiger partial charge in [0.1, 0.15) is 5.75 Å². The zero-order chi connectivity index (χ0) is 22.9. The number of hydrogen-bond donors (Lipinski definition) is 1. The number of benzene rings is 3. The number of ether oxygens (including phenoxy) is 1. The van der Waals surface area contributed by atoms with E-state index >= 15 is 0 Å². The molecule has 7 nitrogen and oxygen atoms in total. The first kappa shape index (κ1) is 21.2. The van der Waals surface area contributed by atoms with Crippen LogP contribution in [0, 0.1) is 6.92 Å². The fourth-order valence-corrected chi connectivity index (χ4v) is 4.80. The van der Waals surface area contributed by atoms with Gasteiger partial charge in [-0.3, -0.25) is 9.20 Å². The number of fused-ring (bicyclic) bond motifs is 3. The van der Waals surface area contributed by atoms with E-state index in [0.717, 1.165) is 11.1 Å². The Kier molecular flexibility index (Phi) is 5.62. The molecule has 0 amide bonds. The number of methoxy groups -OCH3 is 1. The fraction of sp³-hybridized carbons (Fsp3) is 0.160. The Morgan fingerprint density at radius 1 is 1.03 bits per heavy atom. The lowest BCUT2D eigenvalue weighted by Gasteiger charge is -2.15. The Balaban J connectivity index is 1.69. The van der Waals surface area contributed by atoms with Crippen LogP contribution in [0.1, 0.15) is 17.2 Å². The highest BCUT2D eigenvalue weighted by atomic mass is 32.2. The molecule has 0 bridgehead atoms. The molecule has 0 unspecified atom stereocenters. The number of para-hydroxylation sites is 1. The lowest BCUT2D eigenvalue weighted by atomic mass is 10.1. The average Bonchev–Trinajstić information content (AvgIpc) is 3.27. The van der Waals surface area contributed by atoms with Gasteiger partial charge in [-0.1, -0.05) is 60.3 Å². The molecular weight excluding hydrogens is 436 g/mol. The molecular formula is C25H22N4O3S. The van der Waals surface area contributed by atoms with E-state index in [1.807, 2.05) is 78.1 Å². The zero-order valence-electron chi connectivity index (χ0n) is 18.2. The van der Waals surface area contributed by atoms with E-state index in [1.165, 1.54) is 11.8 Å². The van der Waals surface area contributed by atoms with Crippen LogP contribution >= 0.6 is 11.8 Å². The van der Waals surface area contributed by atoms with Crippen molar-refractivity contribution in [3.63, 3.8) is 0 Å². The van der Waals surface area contributed by atoms with Crippen molar-refractivity contribution in [3.05, 3.63) is 94.3 Å². The normalized spacial score (nSPS) is 12.3. The second-order valence-corrected chi connectivity index (χ2v) is 8.68. The van der Waals surface area contributed by atoms with Crippen LogP contribution < -0.4 is 10.3 Å². The first-order valence-electron chi connectivity index (χ1n) is 10.5. The quantitative estimate of drug-likeness (QED) is 0.385. The van der Waals surface area contributed by atoms with Crippen LogP contribution in [-0.2, 0) is 0 Å². The molecule has 1 atom stereocenters. The Morgan fingerprint density at radius 3 is 2.58 bits per heavy atom. The highest BCUT2D eigenvalue weighted by molar-refractivity contribution is 7.99. The summed E-state index contributed by atoms with van der Waals surface area (Å²) in [6.07, 6.45) is -0.655. The molecule has 5 aromatic rings. The maximum atomic E-state index is 13.6. The summed E-state index contributed by atoms with van der Waals surface area (Å²) in [6, 6.07) is 22.6. The van der Waals surface area contributed by atoms with Gasteiger partial charge in [-0.05, 0) is 42.3 Å². The molecule has 0 spiro atoms. The summed E-state index contributed by atoms with van der Waals surface area (Å²) in [5.74, 6) is 1.35. The van der Waals surface area contributed by atoms with Gasteiger partial charge in [-0.25, -0.2) is 4.57 Å². The van der Waals surface area contributed by atoms with E-state index in [4.69, 9.17) is 4.74 Å². The van der Waals surface area contributed by atoms with Gasteiger partial charge in [0.2, 0.25) is 5.78 Å². The van der Waals surface area contributed by atoms with Gasteiger partial charge in [0.25, 0.3) is 5.56 Å². The van der Waals surface area contributed by atoms with E-state index in [-0.39, 0.29) is 5.56 Å². The van der Waals surface area contributed by atoms with E-state index in [1.54, 1.807) is 17.7 Å². The number of aryl methyl sites for hydroxylation is 1. The average molecular weight is 459 g/mol. The number of aliphatic hydroxyl groups is 1. The molecule has 2 heterocycles. The van der Waals surface area contributed by atoms with Crippen LogP contribution in [0.2, 0.25) is 0 Å². The summed E-state index contributed by atoms with van der Waals surface area (Å²) < 4.78 is 8.95. The maximum absolute atomic E-state index is 13.6. The zero-order valence-corrected chi connectivity index (χ0v) is 19.0. The highest BCUT2D eigenvalue weighted by Gasteiger charge is 2.21. The summed E-state index contributed by atoms with van der Waals surface area (Å²) in [5, 5.41) is 20.5. The van der Waals surface area contributed by atoms with Crippen LogP contribution in [0.5, 0.6) is 5.75 Å². The minimum Gasteiger partial charge on any atom is -0.495 e. The van der Waals surface area contributed by atoms with Gasteiger partial charge in [-0.2, -0.15) is 0 Å². The van der Waals surface area contributed by atoms with E-state index in [2.05, 4.69) is 10.2 Å². The number of aliphatic hydroxyl groups excluding tert-OH is 1. The molecule has 0 aliphatic heterocycles. The number of aromatic nitrogens is 4. The van der Waals surface area contributed by atoms with Crippen molar-refractivity contribution >= 4 is 28.4 Å². The third kappa shape index (κ3) is 3.77. The van der Waals surface area contributed by atoms with Crippen molar-refractivity contribution in [1.29, 1.82) is 0 Å². The van der Waals surface area contributed by atoms with Crippen molar-refractivity contribution < 1.29 is 9.84 Å². The third-order valence-electron chi connectivity index (χ3n) is 5.52. The third-order valence-corrected chi connectivity index (χ3v) is 6.53. The molecule has 0 aliphatic carbocycles. The molecule has 33 heavy (non-hydrogen) atoms. The SMILES string of the molecule is COc1ccc(C)cc1-n1c(=O)c2ccccc2n2c(SC[C@@H](O)c3ccccc3)nnc12. The molecule has 0 fully saturated rings. The van der Waals surface area contributed by atoms with Gasteiger partial charge < -0.3 is 9.84 Å². The van der Waals surface area contributed by atoms with Gasteiger partial charge in [0.15, 0.2) is 5.16 Å². The molecule has 8 heteroatoms. The van der Waals surface area contributed by atoms with Crippen molar-refractivity contribution in [2.75, 3.05) is 12.9 Å². The first-order valence-corrected chi connectivity index (χ1v) is 11.5. The smallest absolute Gasteiger partial charge is 0.267 e. The molecule has 0 aliphatic rings. The molecule has 0 saturated heterocycles. The van der Waals surface area contributed by atoms with Crippen molar-refractivity contribution in [2.24, 2.45) is 0 Å². The maximum Gasteiger partial charge on any atom is 0.267 e. The Morgan fingerprint density at radius 2 is 1.79 bits per heavy atom. The summed E-state index contributed by atoms with van der Waals surface area (Å²) in [4.78, 5) is 13.6. The van der Waals surface area contributed by atoms with E-state index in [0.29, 0.717) is 39.0 Å². The summed E-state index contributed by atoms with van der Waals surface area (Å²) >= 11 is 1.39. The number of hydrogen-bond acceptors (Lipinski definition) is 6. The largest absolute Gasteiger partial charge is 0.495 e. The molecule has 0 radical (unpaired) electrons. The molecule has 5 rings (SSSR count). The van der Waals surface area contributed by atoms with Crippen molar-refractivity contribution in [3.8, 4) is 11.4 Å². The second kappa shape index (κ2) is 8.73. The molecule has 1 N–H and O–H groups in total. The van der Waals surface area contributed by atoms with Gasteiger partial charge >= 0.3 is 0 Å². The lowest BCUT2D eigenvalue weighted by molar-refractivity contribution is 0.204. The van der Waals surface area contributed by atoms with Crippen LogP contribution in [0.4, 0.5) is 0 Å². The minimum atomic E-state index is -0.655. The summed E-state index contributed by atoms with van der Waals surface area (Å²) in [6.45, 7) is 1.96. The van der Waals surface area contributed by atoms with Gasteiger partial charge in [-0.15, -0.1) is 10.2 Å². The monoisotopic (exact) mass is 458 g/mol. The molecule has 3 aromatic carbocycles. The van der Waals surface area contributed by atoms with Crippen LogP contribution in [0.25, 0.3) is 22.4 Å². The minimum absolute atomic E-state index is 0.199. The summed E-state index contributed by atoms with van der Waals surface area (Å²) in [7, 11) is 1.58. The molecule has 2 aromatic heterocycles. The number of thioether (sulfide) groups is 1. The molecule has 0 saturated carbocycles. The van der Waals surface area contributed by atoms with Crippen molar-refractivity contribution in [1.82, 2.24) is 19.2 Å².